The maximum absolute atomic E-state index is 13.7. The van der Waals surface area contributed by atoms with Gasteiger partial charge in [-0.25, -0.2) is 4.39 Å². The minimum atomic E-state index is -0.585. The maximum atomic E-state index is 13.7. The molecule has 1 heterocycles. The molecule has 6 nitrogen and oxygen atoms in total. The number of nitrogens with one attached hydrogen (secondary N) is 1. The third kappa shape index (κ3) is 5.26. The highest BCUT2D eigenvalue weighted by Crippen LogP contribution is 2.25. The number of halogens is 1. The van der Waals surface area contributed by atoms with Gasteiger partial charge in [0.15, 0.2) is 0 Å². The van der Waals surface area contributed by atoms with Crippen molar-refractivity contribution in [3.63, 3.8) is 0 Å². The summed E-state index contributed by atoms with van der Waals surface area (Å²) in [4.78, 5) is 15.0. The number of benzene rings is 2. The van der Waals surface area contributed by atoms with Crippen LogP contribution in [0.5, 0.6) is 5.75 Å². The summed E-state index contributed by atoms with van der Waals surface area (Å²) in [6.07, 6.45) is 0. The van der Waals surface area contributed by atoms with Crippen molar-refractivity contribution in [1.29, 1.82) is 0 Å². The van der Waals surface area contributed by atoms with Crippen molar-refractivity contribution in [3.8, 4) is 5.75 Å². The van der Waals surface area contributed by atoms with E-state index in [-0.39, 0.29) is 11.7 Å². The third-order valence-corrected chi connectivity index (χ3v) is 4.33. The molecule has 1 amide bonds. The van der Waals surface area contributed by atoms with Crippen molar-refractivity contribution in [2.24, 2.45) is 5.73 Å². The van der Waals surface area contributed by atoms with Crippen LogP contribution in [-0.4, -0.2) is 50.3 Å². The van der Waals surface area contributed by atoms with Crippen LogP contribution in [-0.2, 0) is 9.53 Å². The van der Waals surface area contributed by atoms with Crippen molar-refractivity contribution >= 4 is 11.6 Å². The number of hydrogen-bond donors (Lipinski definition) is 2. The van der Waals surface area contributed by atoms with E-state index in [0.717, 1.165) is 0 Å². The smallest absolute Gasteiger partial charge is 0.246 e. The Bertz CT molecular complexity index is 748. The Kier molecular flexibility index (Phi) is 6.75. The Labute approximate surface area is 158 Å². The average Bonchev–Trinajstić information content (AvgIpc) is 2.68. The van der Waals surface area contributed by atoms with Crippen LogP contribution in [0.4, 0.5) is 10.1 Å². The van der Waals surface area contributed by atoms with E-state index in [1.54, 1.807) is 36.4 Å². The van der Waals surface area contributed by atoms with E-state index < -0.39 is 6.04 Å². The lowest BCUT2D eigenvalue weighted by molar-refractivity contribution is -0.123. The molecule has 2 aromatic carbocycles. The lowest BCUT2D eigenvalue weighted by Crippen LogP contribution is -2.43. The summed E-state index contributed by atoms with van der Waals surface area (Å²) in [7, 11) is 0. The molecule has 27 heavy (non-hydrogen) atoms. The van der Waals surface area contributed by atoms with Crippen molar-refractivity contribution < 1.29 is 18.7 Å². The monoisotopic (exact) mass is 373 g/mol. The van der Waals surface area contributed by atoms with Crippen molar-refractivity contribution in [2.45, 2.75) is 6.04 Å². The van der Waals surface area contributed by atoms with Crippen LogP contribution in [0.15, 0.2) is 48.5 Å². The van der Waals surface area contributed by atoms with Gasteiger partial charge in [-0.3, -0.25) is 9.69 Å². The summed E-state index contributed by atoms with van der Waals surface area (Å²) >= 11 is 0. The second-order valence-electron chi connectivity index (χ2n) is 6.26. The van der Waals surface area contributed by atoms with Gasteiger partial charge in [-0.1, -0.05) is 12.1 Å². The highest BCUT2D eigenvalue weighted by Gasteiger charge is 2.29. The Morgan fingerprint density at radius 1 is 1.22 bits per heavy atom. The zero-order valence-corrected chi connectivity index (χ0v) is 15.1. The summed E-state index contributed by atoms with van der Waals surface area (Å²) in [5.41, 5.74) is 6.69. The Morgan fingerprint density at radius 3 is 2.63 bits per heavy atom. The van der Waals surface area contributed by atoms with Crippen LogP contribution in [0.1, 0.15) is 11.6 Å². The number of nitrogens with two attached hydrogens (primary N) is 1. The zero-order valence-electron chi connectivity index (χ0n) is 15.1. The minimum absolute atomic E-state index is 0.210. The number of nitrogens with zero attached hydrogens (tertiary/aromatic N) is 1. The van der Waals surface area contributed by atoms with E-state index in [2.05, 4.69) is 5.32 Å². The molecule has 1 saturated heterocycles. The molecule has 7 heteroatoms. The molecule has 1 unspecified atom stereocenters. The Balaban J connectivity index is 1.76. The third-order valence-electron chi connectivity index (χ3n) is 4.33. The van der Waals surface area contributed by atoms with Gasteiger partial charge >= 0.3 is 0 Å². The van der Waals surface area contributed by atoms with Crippen molar-refractivity contribution in [3.05, 3.63) is 59.9 Å². The van der Waals surface area contributed by atoms with E-state index >= 15 is 0 Å². The first-order valence-electron chi connectivity index (χ1n) is 8.98. The van der Waals surface area contributed by atoms with Gasteiger partial charge in [0.05, 0.1) is 13.2 Å². The summed E-state index contributed by atoms with van der Waals surface area (Å²) in [5, 5.41) is 2.92. The van der Waals surface area contributed by atoms with E-state index in [1.807, 2.05) is 4.90 Å². The van der Waals surface area contributed by atoms with Crippen LogP contribution in [0.2, 0.25) is 0 Å². The molecule has 1 fully saturated rings. The molecule has 0 radical (unpaired) electrons. The van der Waals surface area contributed by atoms with Gasteiger partial charge in [0.2, 0.25) is 5.91 Å². The summed E-state index contributed by atoms with van der Waals surface area (Å²) < 4.78 is 24.6. The number of carbonyl (C=O) groups excluding carboxylic acids is 1. The SMILES string of the molecule is NCCOc1ccc(NC(=O)C(c2cccc(F)c2)N2CCOCC2)cc1. The molecule has 3 rings (SSSR count). The molecule has 2 aromatic rings. The second kappa shape index (κ2) is 9.45. The van der Waals surface area contributed by atoms with Crippen molar-refractivity contribution in [2.75, 3.05) is 44.8 Å². The molecule has 1 aliphatic rings. The average molecular weight is 373 g/mol. The van der Waals surface area contributed by atoms with Gasteiger partial charge in [0, 0.05) is 25.3 Å². The molecule has 0 bridgehead atoms. The number of ether oxygens (including phenoxy) is 2. The maximum Gasteiger partial charge on any atom is 0.246 e. The number of amides is 1. The normalized spacial score (nSPS) is 15.9. The first-order chi connectivity index (χ1) is 13.2. The fraction of sp³-hybridized carbons (Fsp3) is 0.350. The predicted octanol–water partition coefficient (Wildman–Crippen LogP) is 2.18. The lowest BCUT2D eigenvalue weighted by atomic mass is 10.0. The highest BCUT2D eigenvalue weighted by molar-refractivity contribution is 5.95. The van der Waals surface area contributed by atoms with Gasteiger partial charge in [0.25, 0.3) is 0 Å². The van der Waals surface area contributed by atoms with Gasteiger partial charge in [0.1, 0.15) is 24.2 Å². The van der Waals surface area contributed by atoms with Crippen LogP contribution < -0.4 is 15.8 Å². The fourth-order valence-corrected chi connectivity index (χ4v) is 3.06. The summed E-state index contributed by atoms with van der Waals surface area (Å²) in [6, 6.07) is 12.7. The first-order valence-corrected chi connectivity index (χ1v) is 8.98. The fourth-order valence-electron chi connectivity index (χ4n) is 3.06. The van der Waals surface area contributed by atoms with Crippen LogP contribution in [0, 0.1) is 5.82 Å². The van der Waals surface area contributed by atoms with E-state index in [9.17, 15) is 9.18 Å². The summed E-state index contributed by atoms with van der Waals surface area (Å²) in [6.45, 7) is 3.19. The first kappa shape index (κ1) is 19.3. The second-order valence-corrected chi connectivity index (χ2v) is 6.26. The molecule has 0 saturated carbocycles. The number of hydrogen-bond acceptors (Lipinski definition) is 5. The molecule has 0 aromatic heterocycles. The van der Waals surface area contributed by atoms with Crippen LogP contribution in [0.3, 0.4) is 0 Å². The number of rotatable bonds is 7. The van der Waals surface area contributed by atoms with E-state index in [1.165, 1.54) is 12.1 Å². The molecule has 1 atom stereocenters. The van der Waals surface area contributed by atoms with Crippen molar-refractivity contribution in [1.82, 2.24) is 4.90 Å². The van der Waals surface area contributed by atoms with E-state index in [0.29, 0.717) is 56.5 Å². The number of anilines is 1. The standard InChI is InChI=1S/C20H24FN3O3/c21-16-3-1-2-15(14-16)19(24-9-12-26-13-10-24)20(25)23-17-4-6-18(7-5-17)27-11-8-22/h1-7,14,19H,8-13,22H2,(H,23,25). The zero-order chi connectivity index (χ0) is 19.1. The molecular weight excluding hydrogens is 349 g/mol. The predicted molar refractivity (Wildman–Crippen MR) is 101 cm³/mol. The molecule has 0 spiro atoms. The number of morpholine rings is 1. The molecule has 1 aliphatic heterocycles. The number of carbonyl (C=O) groups is 1. The van der Waals surface area contributed by atoms with E-state index in [4.69, 9.17) is 15.2 Å². The highest BCUT2D eigenvalue weighted by atomic mass is 19.1. The van der Waals surface area contributed by atoms with Crippen LogP contribution >= 0.6 is 0 Å². The molecule has 0 aliphatic carbocycles. The molecular formula is C20H24FN3O3. The quantitative estimate of drug-likeness (QED) is 0.778. The van der Waals surface area contributed by atoms with Gasteiger partial charge in [-0.05, 0) is 42.0 Å². The van der Waals surface area contributed by atoms with Gasteiger partial charge in [-0.15, -0.1) is 0 Å². The largest absolute Gasteiger partial charge is 0.492 e. The van der Waals surface area contributed by atoms with Gasteiger partial charge < -0.3 is 20.5 Å². The topological polar surface area (TPSA) is 76.8 Å². The van der Waals surface area contributed by atoms with Gasteiger partial charge in [-0.2, -0.15) is 0 Å². The van der Waals surface area contributed by atoms with Crippen LogP contribution in [0.25, 0.3) is 0 Å². The summed E-state index contributed by atoms with van der Waals surface area (Å²) in [5.74, 6) is 0.117. The minimum Gasteiger partial charge on any atom is -0.492 e. The Morgan fingerprint density at radius 2 is 1.96 bits per heavy atom. The molecule has 144 valence electrons. The lowest BCUT2D eigenvalue weighted by Gasteiger charge is -2.33. The Hall–Kier alpha value is -2.48. The molecule has 3 N–H and O–H groups in total.